The lowest BCUT2D eigenvalue weighted by Gasteiger charge is -2.03. The summed E-state index contributed by atoms with van der Waals surface area (Å²) >= 11 is 0. The number of hydrogen-bond donors (Lipinski definition) is 1. The standard InChI is InChI=1S/C23H43N3O/c1-2-3-4-5-6-7-8-9-10-11-12-13-14-15-16-17-18-25-19-20-26(22-25)21-23(24)27/h19-20,22H,2-18,21H2,1H3,(H-,24,27)/p+1. The third-order valence-electron chi connectivity index (χ3n) is 5.35. The van der Waals surface area contributed by atoms with E-state index in [2.05, 4.69) is 11.5 Å². The van der Waals surface area contributed by atoms with Gasteiger partial charge in [-0.1, -0.05) is 96.8 Å². The van der Waals surface area contributed by atoms with Crippen LogP contribution < -0.4 is 10.3 Å². The van der Waals surface area contributed by atoms with Crippen LogP contribution in [0.5, 0.6) is 0 Å². The normalized spacial score (nSPS) is 11.1. The summed E-state index contributed by atoms with van der Waals surface area (Å²) in [5.74, 6) is -0.292. The Morgan fingerprint density at radius 3 is 1.67 bits per heavy atom. The summed E-state index contributed by atoms with van der Waals surface area (Å²) in [7, 11) is 0. The predicted octanol–water partition coefficient (Wildman–Crippen LogP) is 5.52. The van der Waals surface area contributed by atoms with E-state index in [1.807, 2.05) is 23.3 Å². The van der Waals surface area contributed by atoms with Crippen LogP contribution in [0.15, 0.2) is 18.7 Å². The molecule has 0 saturated heterocycles. The molecule has 0 atom stereocenters. The van der Waals surface area contributed by atoms with E-state index in [0.29, 0.717) is 0 Å². The third-order valence-corrected chi connectivity index (χ3v) is 5.35. The van der Waals surface area contributed by atoms with Crippen molar-refractivity contribution in [1.82, 2.24) is 4.57 Å². The summed E-state index contributed by atoms with van der Waals surface area (Å²) in [6.45, 7) is 3.59. The summed E-state index contributed by atoms with van der Waals surface area (Å²) in [6, 6.07) is 0. The Labute approximate surface area is 167 Å². The van der Waals surface area contributed by atoms with Crippen molar-refractivity contribution in [2.75, 3.05) is 0 Å². The molecule has 1 aromatic heterocycles. The number of carbonyl (C=O) groups excluding carboxylic acids is 1. The maximum absolute atomic E-state index is 10.9. The summed E-state index contributed by atoms with van der Waals surface area (Å²) < 4.78 is 3.99. The molecule has 27 heavy (non-hydrogen) atoms. The highest BCUT2D eigenvalue weighted by molar-refractivity contribution is 5.72. The van der Waals surface area contributed by atoms with Crippen LogP contribution in [0.2, 0.25) is 0 Å². The van der Waals surface area contributed by atoms with Crippen LogP contribution in [0.25, 0.3) is 0 Å². The van der Waals surface area contributed by atoms with Gasteiger partial charge in [-0.2, -0.15) is 0 Å². The number of nitrogens with zero attached hydrogens (tertiary/aromatic N) is 2. The molecule has 0 spiro atoms. The first-order valence-corrected chi connectivity index (χ1v) is 11.6. The zero-order valence-corrected chi connectivity index (χ0v) is 17.8. The van der Waals surface area contributed by atoms with Crippen LogP contribution in [0.4, 0.5) is 0 Å². The second-order valence-corrected chi connectivity index (χ2v) is 8.09. The Morgan fingerprint density at radius 2 is 1.22 bits per heavy atom. The van der Waals surface area contributed by atoms with Gasteiger partial charge in [0.2, 0.25) is 6.33 Å². The van der Waals surface area contributed by atoms with E-state index in [9.17, 15) is 4.79 Å². The van der Waals surface area contributed by atoms with Crippen LogP contribution in [-0.4, -0.2) is 10.5 Å². The summed E-state index contributed by atoms with van der Waals surface area (Å²) in [5, 5.41) is 0. The van der Waals surface area contributed by atoms with Crippen molar-refractivity contribution in [3.8, 4) is 0 Å². The Hall–Kier alpha value is -1.32. The molecule has 1 heterocycles. The lowest BCUT2D eigenvalue weighted by molar-refractivity contribution is -0.683. The van der Waals surface area contributed by atoms with Gasteiger partial charge in [0.1, 0.15) is 12.4 Å². The molecule has 0 aliphatic carbocycles. The SMILES string of the molecule is CCCCCCCCCCCCCCCCCCn1cc[n+](CC(N)=O)c1. The van der Waals surface area contributed by atoms with Crippen LogP contribution in [0, 0.1) is 0 Å². The van der Waals surface area contributed by atoms with Crippen molar-refractivity contribution >= 4 is 5.91 Å². The Kier molecular flexibility index (Phi) is 14.8. The lowest BCUT2D eigenvalue weighted by atomic mass is 10.0. The van der Waals surface area contributed by atoms with Gasteiger partial charge in [0.25, 0.3) is 5.91 Å². The fourth-order valence-electron chi connectivity index (χ4n) is 3.69. The number of aryl methyl sites for hydroxylation is 1. The van der Waals surface area contributed by atoms with Gasteiger partial charge in [0, 0.05) is 0 Å². The van der Waals surface area contributed by atoms with E-state index in [1.54, 1.807) is 0 Å². The van der Waals surface area contributed by atoms with E-state index >= 15 is 0 Å². The number of rotatable bonds is 19. The molecule has 0 radical (unpaired) electrons. The van der Waals surface area contributed by atoms with Crippen molar-refractivity contribution in [2.24, 2.45) is 5.73 Å². The maximum Gasteiger partial charge on any atom is 0.259 e. The van der Waals surface area contributed by atoms with Gasteiger partial charge < -0.3 is 5.73 Å². The van der Waals surface area contributed by atoms with E-state index in [0.717, 1.165) is 6.54 Å². The van der Waals surface area contributed by atoms with Crippen molar-refractivity contribution in [3.63, 3.8) is 0 Å². The number of unbranched alkanes of at least 4 members (excludes halogenated alkanes) is 15. The van der Waals surface area contributed by atoms with E-state index < -0.39 is 0 Å². The molecule has 0 aromatic carbocycles. The van der Waals surface area contributed by atoms with E-state index in [1.165, 1.54) is 103 Å². The number of primary amides is 1. The zero-order chi connectivity index (χ0) is 19.6. The molecule has 1 rings (SSSR count). The van der Waals surface area contributed by atoms with Crippen LogP contribution >= 0.6 is 0 Å². The van der Waals surface area contributed by atoms with E-state index in [-0.39, 0.29) is 12.5 Å². The average Bonchev–Trinajstić information content (AvgIpc) is 3.08. The van der Waals surface area contributed by atoms with Gasteiger partial charge in [-0.05, 0) is 12.8 Å². The molecule has 0 aliphatic heterocycles. The van der Waals surface area contributed by atoms with Crippen LogP contribution in [0.1, 0.15) is 110 Å². The highest BCUT2D eigenvalue weighted by Crippen LogP contribution is 2.13. The molecule has 2 N–H and O–H groups in total. The fourth-order valence-corrected chi connectivity index (χ4v) is 3.69. The van der Waals surface area contributed by atoms with Gasteiger partial charge in [0.15, 0.2) is 6.54 Å². The first-order valence-electron chi connectivity index (χ1n) is 11.6. The number of hydrogen-bond acceptors (Lipinski definition) is 1. The smallest absolute Gasteiger partial charge is 0.259 e. The van der Waals surface area contributed by atoms with Crippen LogP contribution in [-0.2, 0) is 17.9 Å². The highest BCUT2D eigenvalue weighted by Gasteiger charge is 2.05. The molecule has 4 heteroatoms. The van der Waals surface area contributed by atoms with E-state index in [4.69, 9.17) is 5.73 Å². The van der Waals surface area contributed by atoms with Gasteiger partial charge in [-0.3, -0.25) is 4.79 Å². The minimum atomic E-state index is -0.292. The second kappa shape index (κ2) is 16.8. The quantitative estimate of drug-likeness (QED) is 0.250. The molecule has 0 fully saturated rings. The Balaban J connectivity index is 1.79. The highest BCUT2D eigenvalue weighted by atomic mass is 16.1. The molecule has 0 unspecified atom stereocenters. The van der Waals surface area contributed by atoms with Gasteiger partial charge in [0.05, 0.1) is 6.54 Å². The predicted molar refractivity (Wildman–Crippen MR) is 113 cm³/mol. The van der Waals surface area contributed by atoms with Crippen LogP contribution in [0.3, 0.4) is 0 Å². The summed E-state index contributed by atoms with van der Waals surface area (Å²) in [4.78, 5) is 10.9. The molecule has 0 aliphatic rings. The van der Waals surface area contributed by atoms with Crippen molar-refractivity contribution in [1.29, 1.82) is 0 Å². The monoisotopic (exact) mass is 378 g/mol. The van der Waals surface area contributed by atoms with Crippen molar-refractivity contribution in [2.45, 2.75) is 123 Å². The zero-order valence-electron chi connectivity index (χ0n) is 17.8. The van der Waals surface area contributed by atoms with Gasteiger partial charge >= 0.3 is 0 Å². The Bertz CT molecular complexity index is 470. The number of amides is 1. The minimum absolute atomic E-state index is 0.270. The summed E-state index contributed by atoms with van der Waals surface area (Å²) in [6.07, 6.45) is 28.3. The molecule has 0 saturated carbocycles. The van der Waals surface area contributed by atoms with Gasteiger partial charge in [-0.25, -0.2) is 9.13 Å². The Morgan fingerprint density at radius 1 is 0.778 bits per heavy atom. The molecular formula is C23H44N3O+. The molecule has 1 amide bonds. The van der Waals surface area contributed by atoms with Crippen molar-refractivity contribution in [3.05, 3.63) is 18.7 Å². The first kappa shape index (κ1) is 23.7. The minimum Gasteiger partial charge on any atom is -0.366 e. The first-order chi connectivity index (χ1) is 13.2. The topological polar surface area (TPSA) is 51.9 Å². The molecule has 1 aromatic rings. The van der Waals surface area contributed by atoms with Gasteiger partial charge in [-0.15, -0.1) is 0 Å². The molecule has 156 valence electrons. The number of nitrogens with two attached hydrogens (primary N) is 1. The molecule has 4 nitrogen and oxygen atoms in total. The van der Waals surface area contributed by atoms with Crippen molar-refractivity contribution < 1.29 is 9.36 Å². The maximum atomic E-state index is 10.9. The lowest BCUT2D eigenvalue weighted by Crippen LogP contribution is -2.38. The number of carbonyl (C=O) groups is 1. The fraction of sp³-hybridized carbons (Fsp3) is 0.826. The number of imidazole rings is 1. The second-order valence-electron chi connectivity index (χ2n) is 8.09. The third kappa shape index (κ3) is 14.4. The largest absolute Gasteiger partial charge is 0.366 e. The molecular weight excluding hydrogens is 334 g/mol. The summed E-state index contributed by atoms with van der Waals surface area (Å²) in [5.41, 5.74) is 5.20. The number of aromatic nitrogens is 2. The average molecular weight is 379 g/mol. The molecule has 0 bridgehead atoms.